The molecule has 1 aliphatic rings. The van der Waals surface area contributed by atoms with Crippen molar-refractivity contribution in [3.63, 3.8) is 0 Å². The highest BCUT2D eigenvalue weighted by Crippen LogP contribution is 2.33. The summed E-state index contributed by atoms with van der Waals surface area (Å²) in [7, 11) is 0. The van der Waals surface area contributed by atoms with Crippen molar-refractivity contribution in [3.05, 3.63) is 58.3 Å². The van der Waals surface area contributed by atoms with E-state index >= 15 is 0 Å². The van der Waals surface area contributed by atoms with Gasteiger partial charge in [0.2, 0.25) is 0 Å². The van der Waals surface area contributed by atoms with Crippen LogP contribution in [-0.2, 0) is 0 Å². The molecule has 108 valence electrons. The van der Waals surface area contributed by atoms with E-state index in [-0.39, 0.29) is 11.7 Å². The molecule has 1 aliphatic heterocycles. The van der Waals surface area contributed by atoms with Crippen LogP contribution in [-0.4, -0.2) is 23.1 Å². The monoisotopic (exact) mass is 285 g/mol. The largest absolute Gasteiger partial charge is 0.491 e. The van der Waals surface area contributed by atoms with E-state index in [0.29, 0.717) is 19.0 Å². The Labute approximate surface area is 122 Å². The van der Waals surface area contributed by atoms with Crippen molar-refractivity contribution in [1.82, 2.24) is 4.98 Å². The lowest BCUT2D eigenvalue weighted by Crippen LogP contribution is -2.29. The van der Waals surface area contributed by atoms with Gasteiger partial charge in [-0.2, -0.15) is 0 Å². The molecular weight excluding hydrogens is 270 g/mol. The number of nitrogens with zero attached hydrogens (tertiary/aromatic N) is 3. The van der Waals surface area contributed by atoms with Gasteiger partial charge in [-0.1, -0.05) is 18.2 Å². The second kappa shape index (κ2) is 5.40. The van der Waals surface area contributed by atoms with Crippen molar-refractivity contribution in [3.8, 4) is 5.75 Å². The third kappa shape index (κ3) is 2.52. The standard InChI is InChI=1S/C15H15N3O3/c1-11-13-4-2-3-5-14(13)21-9-8-17(11)15-7-6-12(10-16-15)18(19)20/h2-7,10-11H,8-9H2,1H3/t11-/m0/s1. The van der Waals surface area contributed by atoms with Crippen molar-refractivity contribution in [1.29, 1.82) is 0 Å². The number of aromatic nitrogens is 1. The summed E-state index contributed by atoms with van der Waals surface area (Å²) in [6.45, 7) is 3.32. The second-order valence-electron chi connectivity index (χ2n) is 4.89. The van der Waals surface area contributed by atoms with Crippen LogP contribution in [0.25, 0.3) is 0 Å². The van der Waals surface area contributed by atoms with Gasteiger partial charge in [0.1, 0.15) is 24.4 Å². The van der Waals surface area contributed by atoms with E-state index in [9.17, 15) is 10.1 Å². The molecule has 0 N–H and O–H groups in total. The van der Waals surface area contributed by atoms with Crippen LogP contribution in [0.2, 0.25) is 0 Å². The number of pyridine rings is 1. The Kier molecular flexibility index (Phi) is 3.43. The zero-order valence-electron chi connectivity index (χ0n) is 11.6. The Balaban J connectivity index is 1.93. The fourth-order valence-corrected chi connectivity index (χ4v) is 2.54. The molecule has 0 aliphatic carbocycles. The molecule has 0 bridgehead atoms. The number of ether oxygens (including phenoxy) is 1. The topological polar surface area (TPSA) is 68.5 Å². The lowest BCUT2D eigenvalue weighted by Gasteiger charge is -2.27. The molecule has 0 saturated carbocycles. The quantitative estimate of drug-likeness (QED) is 0.626. The minimum atomic E-state index is -0.443. The van der Waals surface area contributed by atoms with Gasteiger partial charge in [0.25, 0.3) is 5.69 Å². The fourth-order valence-electron chi connectivity index (χ4n) is 2.54. The molecule has 0 saturated heterocycles. The number of hydrogen-bond donors (Lipinski definition) is 0. The van der Waals surface area contributed by atoms with Crippen LogP contribution in [0, 0.1) is 10.1 Å². The maximum absolute atomic E-state index is 10.7. The summed E-state index contributed by atoms with van der Waals surface area (Å²) in [5.74, 6) is 1.60. The molecule has 6 nitrogen and oxygen atoms in total. The molecule has 1 aromatic carbocycles. The van der Waals surface area contributed by atoms with Gasteiger partial charge in [0, 0.05) is 11.6 Å². The molecule has 0 unspecified atom stereocenters. The van der Waals surface area contributed by atoms with E-state index in [0.717, 1.165) is 11.3 Å². The van der Waals surface area contributed by atoms with Gasteiger partial charge in [-0.15, -0.1) is 0 Å². The van der Waals surface area contributed by atoms with E-state index < -0.39 is 4.92 Å². The van der Waals surface area contributed by atoms with Gasteiger partial charge in [-0.3, -0.25) is 10.1 Å². The van der Waals surface area contributed by atoms with Crippen LogP contribution in [0.3, 0.4) is 0 Å². The van der Waals surface area contributed by atoms with Crippen LogP contribution < -0.4 is 9.64 Å². The summed E-state index contributed by atoms with van der Waals surface area (Å²) in [4.78, 5) is 16.6. The van der Waals surface area contributed by atoms with E-state index in [4.69, 9.17) is 4.74 Å². The Morgan fingerprint density at radius 3 is 2.86 bits per heavy atom. The first-order valence-corrected chi connectivity index (χ1v) is 6.75. The maximum atomic E-state index is 10.7. The van der Waals surface area contributed by atoms with E-state index in [2.05, 4.69) is 16.8 Å². The molecule has 3 rings (SSSR count). The van der Waals surface area contributed by atoms with Crippen molar-refractivity contribution in [2.75, 3.05) is 18.1 Å². The summed E-state index contributed by atoms with van der Waals surface area (Å²) < 4.78 is 5.75. The average molecular weight is 285 g/mol. The Hall–Kier alpha value is -2.63. The fraction of sp³-hybridized carbons (Fsp3) is 0.267. The first kappa shape index (κ1) is 13.4. The number of benzene rings is 1. The summed E-state index contributed by atoms with van der Waals surface area (Å²) in [5, 5.41) is 10.7. The molecule has 0 radical (unpaired) electrons. The van der Waals surface area contributed by atoms with E-state index in [1.165, 1.54) is 12.3 Å². The smallest absolute Gasteiger partial charge is 0.287 e. The SMILES string of the molecule is C[C@H]1c2ccccc2OCCN1c1ccc([N+](=O)[O-])cn1. The van der Waals surface area contributed by atoms with Crippen molar-refractivity contribution in [2.45, 2.75) is 13.0 Å². The van der Waals surface area contributed by atoms with Crippen molar-refractivity contribution >= 4 is 11.5 Å². The number of para-hydroxylation sites is 1. The maximum Gasteiger partial charge on any atom is 0.287 e. The van der Waals surface area contributed by atoms with Crippen LogP contribution >= 0.6 is 0 Å². The predicted molar refractivity (Wildman–Crippen MR) is 78.6 cm³/mol. The number of fused-ring (bicyclic) bond motifs is 1. The highest BCUT2D eigenvalue weighted by molar-refractivity contribution is 5.48. The molecule has 21 heavy (non-hydrogen) atoms. The van der Waals surface area contributed by atoms with Gasteiger partial charge in [0.15, 0.2) is 0 Å². The molecule has 6 heteroatoms. The average Bonchev–Trinajstić information content (AvgIpc) is 2.67. The lowest BCUT2D eigenvalue weighted by molar-refractivity contribution is -0.385. The summed E-state index contributed by atoms with van der Waals surface area (Å²) in [6, 6.07) is 11.2. The van der Waals surface area contributed by atoms with Crippen molar-refractivity contribution in [2.24, 2.45) is 0 Å². The highest BCUT2D eigenvalue weighted by atomic mass is 16.6. The minimum absolute atomic E-state index is 0.00197. The molecular formula is C15H15N3O3. The normalized spacial score (nSPS) is 17.6. The van der Waals surface area contributed by atoms with E-state index in [1.807, 2.05) is 24.3 Å². The number of nitro groups is 1. The Bertz CT molecular complexity index is 657. The van der Waals surface area contributed by atoms with Crippen LogP contribution in [0.4, 0.5) is 11.5 Å². The summed E-state index contributed by atoms with van der Waals surface area (Å²) in [6.07, 6.45) is 1.29. The van der Waals surface area contributed by atoms with Crippen LogP contribution in [0.5, 0.6) is 5.75 Å². The number of hydrogen-bond acceptors (Lipinski definition) is 5. The Morgan fingerprint density at radius 2 is 2.14 bits per heavy atom. The van der Waals surface area contributed by atoms with Gasteiger partial charge in [0.05, 0.1) is 17.5 Å². The first-order chi connectivity index (χ1) is 10.2. The van der Waals surface area contributed by atoms with Gasteiger partial charge < -0.3 is 9.64 Å². The third-order valence-corrected chi connectivity index (χ3v) is 3.66. The third-order valence-electron chi connectivity index (χ3n) is 3.66. The summed E-state index contributed by atoms with van der Waals surface area (Å²) in [5.41, 5.74) is 1.09. The first-order valence-electron chi connectivity index (χ1n) is 6.75. The number of anilines is 1. The minimum Gasteiger partial charge on any atom is -0.491 e. The Morgan fingerprint density at radius 1 is 1.33 bits per heavy atom. The van der Waals surface area contributed by atoms with E-state index in [1.54, 1.807) is 6.07 Å². The van der Waals surface area contributed by atoms with Crippen LogP contribution in [0.15, 0.2) is 42.6 Å². The molecule has 0 amide bonds. The zero-order valence-corrected chi connectivity index (χ0v) is 11.6. The van der Waals surface area contributed by atoms with Crippen LogP contribution in [0.1, 0.15) is 18.5 Å². The van der Waals surface area contributed by atoms with Gasteiger partial charge >= 0.3 is 0 Å². The number of rotatable bonds is 2. The van der Waals surface area contributed by atoms with Crippen molar-refractivity contribution < 1.29 is 9.66 Å². The molecule has 1 aromatic heterocycles. The van der Waals surface area contributed by atoms with Gasteiger partial charge in [-0.25, -0.2) is 4.98 Å². The molecule has 0 fully saturated rings. The molecule has 2 aromatic rings. The second-order valence-corrected chi connectivity index (χ2v) is 4.89. The molecule has 2 heterocycles. The molecule has 1 atom stereocenters. The highest BCUT2D eigenvalue weighted by Gasteiger charge is 2.24. The zero-order chi connectivity index (χ0) is 14.8. The predicted octanol–water partition coefficient (Wildman–Crippen LogP) is 2.95. The van der Waals surface area contributed by atoms with Gasteiger partial charge in [-0.05, 0) is 19.1 Å². The molecule has 0 spiro atoms. The lowest BCUT2D eigenvalue weighted by atomic mass is 10.1. The summed E-state index contributed by atoms with van der Waals surface area (Å²) >= 11 is 0.